The normalized spacial score (nSPS) is 10.7. The minimum atomic E-state index is -0.0424. The summed E-state index contributed by atoms with van der Waals surface area (Å²) in [5.74, 6) is 1.29. The predicted molar refractivity (Wildman–Crippen MR) is 95.1 cm³/mol. The monoisotopic (exact) mass is 391 g/mol. The molecule has 0 amide bonds. The number of thiazole rings is 1. The van der Waals surface area contributed by atoms with Crippen molar-refractivity contribution >= 4 is 43.3 Å². The summed E-state index contributed by atoms with van der Waals surface area (Å²) in [5.41, 5.74) is 1.78. The Kier molecular flexibility index (Phi) is 4.93. The molecule has 0 atom stereocenters. The highest BCUT2D eigenvalue weighted by atomic mass is 79.9. The molecular weight excluding hydrogens is 378 g/mol. The third kappa shape index (κ3) is 3.54. The van der Waals surface area contributed by atoms with Crippen LogP contribution in [0.25, 0.3) is 10.2 Å². The van der Waals surface area contributed by atoms with Crippen LogP contribution >= 0.6 is 27.3 Å². The standard InChI is InChI=1S/C17H14BrNO3S/c1-21-12-7-13-16(23-17(19-13)14(20)9-18)15(8-12)22-10-11-5-3-2-4-6-11/h2-8H,9-10H2,1H3. The molecule has 0 aliphatic carbocycles. The second-order valence-corrected chi connectivity index (χ2v) is 6.38. The summed E-state index contributed by atoms with van der Waals surface area (Å²) in [7, 11) is 1.60. The predicted octanol–water partition coefficient (Wildman–Crippen LogP) is 4.46. The van der Waals surface area contributed by atoms with Crippen LogP contribution < -0.4 is 9.47 Å². The number of fused-ring (bicyclic) bond motifs is 1. The van der Waals surface area contributed by atoms with Crippen molar-refractivity contribution in [1.29, 1.82) is 0 Å². The van der Waals surface area contributed by atoms with Gasteiger partial charge in [-0.15, -0.1) is 11.3 Å². The van der Waals surface area contributed by atoms with Crippen LogP contribution in [0, 0.1) is 0 Å². The summed E-state index contributed by atoms with van der Waals surface area (Å²) in [5, 5.41) is 0.721. The Morgan fingerprint density at radius 1 is 1.26 bits per heavy atom. The van der Waals surface area contributed by atoms with Crippen molar-refractivity contribution in [2.24, 2.45) is 0 Å². The van der Waals surface area contributed by atoms with Crippen LogP contribution in [0.4, 0.5) is 0 Å². The highest BCUT2D eigenvalue weighted by Crippen LogP contribution is 2.36. The van der Waals surface area contributed by atoms with Gasteiger partial charge in [0.15, 0.2) is 5.01 Å². The number of Topliss-reactive ketones (excluding diaryl/α,β-unsaturated/α-hetero) is 1. The summed E-state index contributed by atoms with van der Waals surface area (Å²) < 4.78 is 12.1. The molecule has 1 aromatic heterocycles. The first kappa shape index (κ1) is 16.0. The number of nitrogens with zero attached hydrogens (tertiary/aromatic N) is 1. The van der Waals surface area contributed by atoms with Crippen molar-refractivity contribution in [2.75, 3.05) is 12.4 Å². The molecule has 0 bridgehead atoms. The largest absolute Gasteiger partial charge is 0.497 e. The van der Waals surface area contributed by atoms with E-state index in [-0.39, 0.29) is 11.1 Å². The number of aromatic nitrogens is 1. The van der Waals surface area contributed by atoms with Gasteiger partial charge in [-0.2, -0.15) is 0 Å². The maximum Gasteiger partial charge on any atom is 0.201 e. The van der Waals surface area contributed by atoms with E-state index in [9.17, 15) is 4.79 Å². The average molecular weight is 392 g/mol. The molecule has 0 aliphatic rings. The fraction of sp³-hybridized carbons (Fsp3) is 0.176. The number of rotatable bonds is 6. The van der Waals surface area contributed by atoms with Crippen molar-refractivity contribution in [3.63, 3.8) is 0 Å². The van der Waals surface area contributed by atoms with Crippen LogP contribution in [0.5, 0.6) is 11.5 Å². The topological polar surface area (TPSA) is 48.4 Å². The van der Waals surface area contributed by atoms with Gasteiger partial charge in [0.1, 0.15) is 18.1 Å². The fourth-order valence-electron chi connectivity index (χ4n) is 2.11. The molecule has 0 aliphatic heterocycles. The molecular formula is C17H14BrNO3S. The van der Waals surface area contributed by atoms with Crippen LogP contribution in [0.15, 0.2) is 42.5 Å². The lowest BCUT2D eigenvalue weighted by Gasteiger charge is -2.09. The van der Waals surface area contributed by atoms with Crippen molar-refractivity contribution in [1.82, 2.24) is 4.98 Å². The van der Waals surface area contributed by atoms with E-state index in [0.29, 0.717) is 28.6 Å². The minimum absolute atomic E-state index is 0.0424. The Balaban J connectivity index is 1.96. The molecule has 1 heterocycles. The van der Waals surface area contributed by atoms with Gasteiger partial charge < -0.3 is 9.47 Å². The third-order valence-corrected chi connectivity index (χ3v) is 4.90. The average Bonchev–Trinajstić information content (AvgIpc) is 3.03. The molecule has 3 aromatic rings. The molecule has 0 unspecified atom stereocenters. The number of benzene rings is 2. The quantitative estimate of drug-likeness (QED) is 0.459. The van der Waals surface area contributed by atoms with Gasteiger partial charge in [-0.25, -0.2) is 4.98 Å². The first-order valence-corrected chi connectivity index (χ1v) is 8.89. The van der Waals surface area contributed by atoms with E-state index in [2.05, 4.69) is 20.9 Å². The molecule has 0 saturated carbocycles. The molecule has 118 valence electrons. The van der Waals surface area contributed by atoms with Gasteiger partial charge in [0.25, 0.3) is 0 Å². The number of hydrogen-bond acceptors (Lipinski definition) is 5. The lowest BCUT2D eigenvalue weighted by molar-refractivity contribution is 0.102. The van der Waals surface area contributed by atoms with E-state index in [1.165, 1.54) is 11.3 Å². The summed E-state index contributed by atoms with van der Waals surface area (Å²) in [6, 6.07) is 13.6. The number of halogens is 1. The minimum Gasteiger partial charge on any atom is -0.497 e. The Bertz CT molecular complexity index is 832. The zero-order valence-corrected chi connectivity index (χ0v) is 14.8. The maximum atomic E-state index is 11.9. The molecule has 3 rings (SSSR count). The smallest absolute Gasteiger partial charge is 0.201 e. The number of alkyl halides is 1. The van der Waals surface area contributed by atoms with Gasteiger partial charge in [0, 0.05) is 12.1 Å². The van der Waals surface area contributed by atoms with E-state index in [1.807, 2.05) is 42.5 Å². The fourth-order valence-corrected chi connectivity index (χ4v) is 3.52. The number of carbonyl (C=O) groups excluding carboxylic acids is 1. The molecule has 0 saturated heterocycles. The second kappa shape index (κ2) is 7.10. The third-order valence-electron chi connectivity index (χ3n) is 3.26. The zero-order chi connectivity index (χ0) is 16.2. The van der Waals surface area contributed by atoms with Crippen LogP contribution in [0.2, 0.25) is 0 Å². The molecule has 0 radical (unpaired) electrons. The van der Waals surface area contributed by atoms with Gasteiger partial charge in [0.2, 0.25) is 5.78 Å². The lowest BCUT2D eigenvalue weighted by atomic mass is 10.2. The number of ketones is 1. The summed E-state index contributed by atoms with van der Waals surface area (Å²) >= 11 is 4.52. The van der Waals surface area contributed by atoms with Crippen LogP contribution in [-0.2, 0) is 6.61 Å². The van der Waals surface area contributed by atoms with Gasteiger partial charge in [0.05, 0.1) is 22.7 Å². The molecule has 0 fully saturated rings. The first-order valence-electron chi connectivity index (χ1n) is 6.95. The Morgan fingerprint density at radius 2 is 2.04 bits per heavy atom. The lowest BCUT2D eigenvalue weighted by Crippen LogP contribution is -1.97. The Morgan fingerprint density at radius 3 is 2.74 bits per heavy atom. The van der Waals surface area contributed by atoms with E-state index < -0.39 is 0 Å². The highest BCUT2D eigenvalue weighted by molar-refractivity contribution is 9.09. The van der Waals surface area contributed by atoms with Crippen molar-refractivity contribution in [3.8, 4) is 11.5 Å². The number of carbonyl (C=O) groups is 1. The van der Waals surface area contributed by atoms with E-state index in [4.69, 9.17) is 9.47 Å². The first-order chi connectivity index (χ1) is 11.2. The molecule has 4 nitrogen and oxygen atoms in total. The molecule has 2 aromatic carbocycles. The molecule has 0 N–H and O–H groups in total. The van der Waals surface area contributed by atoms with Crippen LogP contribution in [-0.4, -0.2) is 23.2 Å². The molecule has 0 spiro atoms. The van der Waals surface area contributed by atoms with E-state index in [0.717, 1.165) is 10.3 Å². The van der Waals surface area contributed by atoms with Gasteiger partial charge in [-0.3, -0.25) is 4.79 Å². The number of methoxy groups -OCH3 is 1. The Labute approximate surface area is 146 Å². The summed E-state index contributed by atoms with van der Waals surface area (Å²) in [4.78, 5) is 16.2. The van der Waals surface area contributed by atoms with Crippen molar-refractivity contribution in [3.05, 3.63) is 53.0 Å². The van der Waals surface area contributed by atoms with Crippen LogP contribution in [0.1, 0.15) is 15.4 Å². The van der Waals surface area contributed by atoms with Crippen LogP contribution in [0.3, 0.4) is 0 Å². The summed E-state index contributed by atoms with van der Waals surface area (Å²) in [6.07, 6.45) is 0. The summed E-state index contributed by atoms with van der Waals surface area (Å²) in [6.45, 7) is 0.447. The maximum absolute atomic E-state index is 11.9. The zero-order valence-electron chi connectivity index (χ0n) is 12.4. The van der Waals surface area contributed by atoms with Gasteiger partial charge in [-0.05, 0) is 5.56 Å². The number of hydrogen-bond donors (Lipinski definition) is 0. The van der Waals surface area contributed by atoms with Gasteiger partial charge in [-0.1, -0.05) is 46.3 Å². The van der Waals surface area contributed by atoms with Crippen molar-refractivity contribution in [2.45, 2.75) is 6.61 Å². The van der Waals surface area contributed by atoms with Crippen molar-refractivity contribution < 1.29 is 14.3 Å². The van der Waals surface area contributed by atoms with E-state index in [1.54, 1.807) is 7.11 Å². The second-order valence-electron chi connectivity index (χ2n) is 4.82. The van der Waals surface area contributed by atoms with E-state index >= 15 is 0 Å². The Hall–Kier alpha value is -1.92. The SMILES string of the molecule is COc1cc(OCc2ccccc2)c2sc(C(=O)CBr)nc2c1. The molecule has 6 heteroatoms. The van der Waals surface area contributed by atoms with Gasteiger partial charge >= 0.3 is 0 Å². The highest BCUT2D eigenvalue weighted by Gasteiger charge is 2.16. The molecule has 23 heavy (non-hydrogen) atoms. The number of ether oxygens (including phenoxy) is 2.